The maximum Gasteiger partial charge on any atom is 0.256 e. The number of aryl methyl sites for hydroxylation is 1. The van der Waals surface area contributed by atoms with Gasteiger partial charge >= 0.3 is 0 Å². The molecule has 0 spiro atoms. The Hall–Kier alpha value is -1.62. The Morgan fingerprint density at radius 3 is 2.75 bits per heavy atom. The summed E-state index contributed by atoms with van der Waals surface area (Å²) in [5, 5.41) is 2.88. The number of nitrogens with zero attached hydrogens (tertiary/aromatic N) is 1. The van der Waals surface area contributed by atoms with Crippen molar-refractivity contribution in [1.29, 1.82) is 0 Å². The molecule has 0 saturated heterocycles. The van der Waals surface area contributed by atoms with Gasteiger partial charge in [0.05, 0.1) is 18.5 Å². The van der Waals surface area contributed by atoms with Crippen LogP contribution >= 0.6 is 0 Å². The van der Waals surface area contributed by atoms with Gasteiger partial charge in [-0.3, -0.25) is 4.79 Å². The van der Waals surface area contributed by atoms with Crippen LogP contribution in [0.1, 0.15) is 32.3 Å². The van der Waals surface area contributed by atoms with Crippen LogP contribution in [0.3, 0.4) is 0 Å². The van der Waals surface area contributed by atoms with Crippen LogP contribution in [-0.2, 0) is 9.53 Å². The third kappa shape index (κ3) is 2.93. The van der Waals surface area contributed by atoms with Crippen molar-refractivity contribution in [2.24, 2.45) is 5.92 Å². The standard InChI is InChI=1S/C15H22N2O3/c1-5-20-13-10(2)8-12(9-16-13)17-14(18)15(3,19-4)11-6-7-11/h8-9,11H,5-7H2,1-4H3,(H,17,18). The highest BCUT2D eigenvalue weighted by Gasteiger charge is 2.47. The molecule has 1 amide bonds. The molecule has 1 aromatic rings. The minimum Gasteiger partial charge on any atom is -0.478 e. The number of anilines is 1. The molecule has 1 unspecified atom stereocenters. The van der Waals surface area contributed by atoms with E-state index in [2.05, 4.69) is 10.3 Å². The number of methoxy groups -OCH3 is 1. The van der Waals surface area contributed by atoms with Gasteiger partial charge in [-0.1, -0.05) is 0 Å². The van der Waals surface area contributed by atoms with Crippen LogP contribution in [0.2, 0.25) is 0 Å². The molecule has 0 aromatic carbocycles. The van der Waals surface area contributed by atoms with Crippen LogP contribution in [0.25, 0.3) is 0 Å². The first-order chi connectivity index (χ1) is 9.51. The number of amides is 1. The second-order valence-electron chi connectivity index (χ2n) is 5.32. The van der Waals surface area contributed by atoms with Crippen LogP contribution in [0, 0.1) is 12.8 Å². The van der Waals surface area contributed by atoms with Crippen molar-refractivity contribution in [2.75, 3.05) is 19.0 Å². The van der Waals surface area contributed by atoms with E-state index >= 15 is 0 Å². The first-order valence-corrected chi connectivity index (χ1v) is 6.97. The molecular weight excluding hydrogens is 256 g/mol. The Morgan fingerprint density at radius 2 is 2.25 bits per heavy atom. The van der Waals surface area contributed by atoms with Crippen LogP contribution in [0.15, 0.2) is 12.3 Å². The number of hydrogen-bond acceptors (Lipinski definition) is 4. The van der Waals surface area contributed by atoms with E-state index in [1.807, 2.05) is 26.8 Å². The van der Waals surface area contributed by atoms with Crippen LogP contribution in [0.4, 0.5) is 5.69 Å². The largest absolute Gasteiger partial charge is 0.478 e. The van der Waals surface area contributed by atoms with E-state index in [9.17, 15) is 4.79 Å². The molecule has 1 aliphatic rings. The normalized spacial score (nSPS) is 17.4. The smallest absolute Gasteiger partial charge is 0.256 e. The Kier molecular flexibility index (Phi) is 4.28. The topological polar surface area (TPSA) is 60.5 Å². The summed E-state index contributed by atoms with van der Waals surface area (Å²) in [5.74, 6) is 0.791. The van der Waals surface area contributed by atoms with Gasteiger partial charge in [0.1, 0.15) is 5.60 Å². The first kappa shape index (κ1) is 14.8. The summed E-state index contributed by atoms with van der Waals surface area (Å²) in [6.07, 6.45) is 3.69. The fraction of sp³-hybridized carbons (Fsp3) is 0.600. The number of ether oxygens (including phenoxy) is 2. The van der Waals surface area contributed by atoms with Gasteiger partial charge in [0.15, 0.2) is 0 Å². The van der Waals surface area contributed by atoms with Gasteiger partial charge in [0.25, 0.3) is 5.91 Å². The summed E-state index contributed by atoms with van der Waals surface area (Å²) in [6, 6.07) is 1.86. The van der Waals surface area contributed by atoms with Crippen molar-refractivity contribution in [3.8, 4) is 5.88 Å². The molecule has 1 heterocycles. The third-order valence-electron chi connectivity index (χ3n) is 3.80. The zero-order chi connectivity index (χ0) is 14.8. The molecule has 5 heteroatoms. The molecule has 2 rings (SSSR count). The Bertz CT molecular complexity index is 500. The molecule has 1 saturated carbocycles. The zero-order valence-corrected chi connectivity index (χ0v) is 12.5. The summed E-state index contributed by atoms with van der Waals surface area (Å²) in [4.78, 5) is 16.6. The third-order valence-corrected chi connectivity index (χ3v) is 3.80. The number of carbonyl (C=O) groups excluding carboxylic acids is 1. The minimum absolute atomic E-state index is 0.118. The molecule has 110 valence electrons. The van der Waals surface area contributed by atoms with E-state index in [1.54, 1.807) is 13.3 Å². The number of rotatable bonds is 6. The summed E-state index contributed by atoms with van der Waals surface area (Å²) >= 11 is 0. The summed E-state index contributed by atoms with van der Waals surface area (Å²) in [7, 11) is 1.58. The summed E-state index contributed by atoms with van der Waals surface area (Å²) in [6.45, 7) is 6.23. The monoisotopic (exact) mass is 278 g/mol. The quantitative estimate of drug-likeness (QED) is 0.868. The lowest BCUT2D eigenvalue weighted by atomic mass is 9.99. The van der Waals surface area contributed by atoms with Crippen molar-refractivity contribution in [3.05, 3.63) is 17.8 Å². The van der Waals surface area contributed by atoms with E-state index in [0.717, 1.165) is 18.4 Å². The van der Waals surface area contributed by atoms with Crippen molar-refractivity contribution in [3.63, 3.8) is 0 Å². The maximum absolute atomic E-state index is 12.4. The van der Waals surface area contributed by atoms with E-state index in [1.165, 1.54) is 0 Å². The number of aromatic nitrogens is 1. The SMILES string of the molecule is CCOc1ncc(NC(=O)C(C)(OC)C2CC2)cc1C. The average molecular weight is 278 g/mol. The average Bonchev–Trinajstić information content (AvgIpc) is 3.25. The predicted molar refractivity (Wildman–Crippen MR) is 76.9 cm³/mol. The highest BCUT2D eigenvalue weighted by molar-refractivity contribution is 5.97. The lowest BCUT2D eigenvalue weighted by Crippen LogP contribution is -2.44. The van der Waals surface area contributed by atoms with Crippen molar-refractivity contribution < 1.29 is 14.3 Å². The summed E-state index contributed by atoms with van der Waals surface area (Å²) < 4.78 is 10.8. The van der Waals surface area contributed by atoms with E-state index in [-0.39, 0.29) is 5.91 Å². The molecule has 1 aliphatic carbocycles. The number of carbonyl (C=O) groups is 1. The van der Waals surface area contributed by atoms with Crippen molar-refractivity contribution in [1.82, 2.24) is 4.98 Å². The van der Waals surface area contributed by atoms with Gasteiger partial charge in [0.2, 0.25) is 5.88 Å². The lowest BCUT2D eigenvalue weighted by Gasteiger charge is -2.26. The molecular formula is C15H22N2O3. The Balaban J connectivity index is 2.09. The maximum atomic E-state index is 12.4. The van der Waals surface area contributed by atoms with Gasteiger partial charge in [-0.25, -0.2) is 4.98 Å². The van der Waals surface area contributed by atoms with Crippen LogP contribution in [0.5, 0.6) is 5.88 Å². The van der Waals surface area contributed by atoms with Crippen LogP contribution < -0.4 is 10.1 Å². The number of pyridine rings is 1. The molecule has 20 heavy (non-hydrogen) atoms. The fourth-order valence-corrected chi connectivity index (χ4v) is 2.25. The van der Waals surface area contributed by atoms with Gasteiger partial charge in [-0.15, -0.1) is 0 Å². The first-order valence-electron chi connectivity index (χ1n) is 6.97. The molecule has 0 radical (unpaired) electrons. The number of nitrogens with one attached hydrogen (secondary N) is 1. The molecule has 1 atom stereocenters. The van der Waals surface area contributed by atoms with Gasteiger partial charge < -0.3 is 14.8 Å². The van der Waals surface area contributed by atoms with E-state index < -0.39 is 5.60 Å². The van der Waals surface area contributed by atoms with Crippen LogP contribution in [-0.4, -0.2) is 30.2 Å². The molecule has 5 nitrogen and oxygen atoms in total. The summed E-state index contributed by atoms with van der Waals surface area (Å²) in [5.41, 5.74) is 0.807. The molecule has 0 aliphatic heterocycles. The molecule has 1 fully saturated rings. The van der Waals surface area contributed by atoms with Gasteiger partial charge in [-0.2, -0.15) is 0 Å². The van der Waals surface area contributed by atoms with E-state index in [4.69, 9.17) is 9.47 Å². The molecule has 1 aromatic heterocycles. The Labute approximate surface area is 119 Å². The van der Waals surface area contributed by atoms with Gasteiger partial charge in [0, 0.05) is 12.7 Å². The predicted octanol–water partition coefficient (Wildman–Crippen LogP) is 2.54. The highest BCUT2D eigenvalue weighted by atomic mass is 16.5. The minimum atomic E-state index is -0.757. The second kappa shape index (κ2) is 5.79. The number of hydrogen-bond donors (Lipinski definition) is 1. The Morgan fingerprint density at radius 1 is 1.55 bits per heavy atom. The molecule has 1 N–H and O–H groups in total. The fourth-order valence-electron chi connectivity index (χ4n) is 2.25. The highest BCUT2D eigenvalue weighted by Crippen LogP contribution is 2.42. The van der Waals surface area contributed by atoms with Crippen molar-refractivity contribution >= 4 is 11.6 Å². The molecule has 0 bridgehead atoms. The zero-order valence-electron chi connectivity index (χ0n) is 12.5. The lowest BCUT2D eigenvalue weighted by molar-refractivity contribution is -0.138. The van der Waals surface area contributed by atoms with Gasteiger partial charge in [-0.05, 0) is 45.6 Å². The van der Waals surface area contributed by atoms with Crippen molar-refractivity contribution in [2.45, 2.75) is 39.2 Å². The second-order valence-corrected chi connectivity index (χ2v) is 5.32. The van der Waals surface area contributed by atoms with E-state index in [0.29, 0.717) is 24.1 Å².